The van der Waals surface area contributed by atoms with Gasteiger partial charge in [0.15, 0.2) is 0 Å². The van der Waals surface area contributed by atoms with E-state index < -0.39 is 11.7 Å². The maximum atomic E-state index is 12.8. The molecule has 3 aromatic carbocycles. The quantitative estimate of drug-likeness (QED) is 0.443. The van der Waals surface area contributed by atoms with E-state index in [4.69, 9.17) is 0 Å². The molecule has 0 spiro atoms. The molecule has 0 aliphatic rings. The molecular weight excluding hydrogens is 299 g/mol. The van der Waals surface area contributed by atoms with Gasteiger partial charge >= 0.3 is 6.18 Å². The fourth-order valence-electron chi connectivity index (χ4n) is 2.91. The molecule has 114 valence electrons. The minimum absolute atomic E-state index is 0.558. The van der Waals surface area contributed by atoms with Crippen molar-refractivity contribution >= 4 is 21.7 Å². The van der Waals surface area contributed by atoms with Crippen LogP contribution in [0.3, 0.4) is 0 Å². The van der Waals surface area contributed by atoms with Gasteiger partial charge < -0.3 is 4.98 Å². The van der Waals surface area contributed by atoms with Crippen molar-refractivity contribution in [3.05, 3.63) is 72.3 Å². The molecule has 0 amide bonds. The van der Waals surface area contributed by atoms with Crippen LogP contribution in [0.4, 0.5) is 13.2 Å². The second kappa shape index (κ2) is 4.88. The van der Waals surface area contributed by atoms with Gasteiger partial charge in [0.25, 0.3) is 0 Å². The minimum atomic E-state index is -4.33. The molecule has 0 atom stereocenters. The summed E-state index contributed by atoms with van der Waals surface area (Å²) in [4.78, 5) is 3.22. The van der Waals surface area contributed by atoms with Crippen molar-refractivity contribution in [2.75, 3.05) is 0 Å². The van der Waals surface area contributed by atoms with Gasteiger partial charge in [-0.3, -0.25) is 0 Å². The summed E-state index contributed by atoms with van der Waals surface area (Å²) in [5.74, 6) is 0. The first-order valence-corrected chi connectivity index (χ1v) is 7.20. The van der Waals surface area contributed by atoms with Crippen LogP contribution < -0.4 is 0 Å². The number of hydrogen-bond donors (Lipinski definition) is 1. The van der Waals surface area contributed by atoms with Gasteiger partial charge in [-0.05, 0) is 35.0 Å². The lowest BCUT2D eigenvalue weighted by Gasteiger charge is -2.05. The second-order valence-electron chi connectivity index (χ2n) is 5.51. The number of aromatic nitrogens is 1. The van der Waals surface area contributed by atoms with E-state index in [0.29, 0.717) is 10.9 Å². The topological polar surface area (TPSA) is 15.8 Å². The fraction of sp³-hybridized carbons (Fsp3) is 0.0526. The number of rotatable bonds is 1. The standard InChI is InChI=1S/C19H12F3N/c20-19(21,22)14-8-9-17-13(10-14)11-18(23-17)16-7-3-5-12-4-1-2-6-15(12)16/h1-11,23H. The Kier molecular flexibility index (Phi) is 2.94. The summed E-state index contributed by atoms with van der Waals surface area (Å²) in [6.07, 6.45) is -4.33. The van der Waals surface area contributed by atoms with Crippen LogP contribution >= 0.6 is 0 Å². The maximum Gasteiger partial charge on any atom is 0.416 e. The molecule has 1 nitrogen and oxygen atoms in total. The Bertz CT molecular complexity index is 1010. The summed E-state index contributed by atoms with van der Waals surface area (Å²) in [5.41, 5.74) is 1.86. The number of H-pyrrole nitrogens is 1. The Balaban J connectivity index is 1.92. The van der Waals surface area contributed by atoms with Crippen molar-refractivity contribution < 1.29 is 13.2 Å². The molecule has 0 saturated carbocycles. The predicted molar refractivity (Wildman–Crippen MR) is 86.2 cm³/mol. The largest absolute Gasteiger partial charge is 0.416 e. The second-order valence-corrected chi connectivity index (χ2v) is 5.51. The molecule has 1 N–H and O–H groups in total. The number of nitrogens with one attached hydrogen (secondary N) is 1. The Morgan fingerprint density at radius 3 is 2.35 bits per heavy atom. The summed E-state index contributed by atoms with van der Waals surface area (Å²) in [6, 6.07) is 19.4. The first-order valence-electron chi connectivity index (χ1n) is 7.20. The molecule has 0 saturated heterocycles. The molecule has 0 radical (unpaired) electrons. The Morgan fingerprint density at radius 2 is 1.52 bits per heavy atom. The fourth-order valence-corrected chi connectivity index (χ4v) is 2.91. The third-order valence-corrected chi connectivity index (χ3v) is 4.03. The van der Waals surface area contributed by atoms with Crippen LogP contribution in [0.2, 0.25) is 0 Å². The van der Waals surface area contributed by atoms with E-state index in [0.717, 1.165) is 28.1 Å². The van der Waals surface area contributed by atoms with E-state index >= 15 is 0 Å². The lowest BCUT2D eigenvalue weighted by atomic mass is 10.0. The monoisotopic (exact) mass is 311 g/mol. The Labute approximate surface area is 130 Å². The number of alkyl halides is 3. The Morgan fingerprint density at radius 1 is 0.739 bits per heavy atom. The van der Waals surface area contributed by atoms with E-state index in [1.807, 2.05) is 42.5 Å². The molecule has 0 aliphatic carbocycles. The first-order chi connectivity index (χ1) is 11.0. The number of benzene rings is 3. The van der Waals surface area contributed by atoms with E-state index in [9.17, 15) is 13.2 Å². The SMILES string of the molecule is FC(F)(F)c1ccc2[nH]c(-c3cccc4ccccc34)cc2c1. The van der Waals surface area contributed by atoms with Gasteiger partial charge in [0.2, 0.25) is 0 Å². The molecule has 0 fully saturated rings. The highest BCUT2D eigenvalue weighted by Gasteiger charge is 2.30. The highest BCUT2D eigenvalue weighted by Crippen LogP contribution is 2.34. The van der Waals surface area contributed by atoms with E-state index in [1.165, 1.54) is 12.1 Å². The van der Waals surface area contributed by atoms with Crippen LogP contribution in [0.25, 0.3) is 32.9 Å². The summed E-state index contributed by atoms with van der Waals surface area (Å²) >= 11 is 0. The summed E-state index contributed by atoms with van der Waals surface area (Å²) in [7, 11) is 0. The summed E-state index contributed by atoms with van der Waals surface area (Å²) < 4.78 is 38.5. The predicted octanol–water partition coefficient (Wildman–Crippen LogP) is 6.01. The molecular formula is C19H12F3N. The van der Waals surface area contributed by atoms with Crippen molar-refractivity contribution in [1.82, 2.24) is 4.98 Å². The van der Waals surface area contributed by atoms with E-state index in [-0.39, 0.29) is 0 Å². The lowest BCUT2D eigenvalue weighted by molar-refractivity contribution is -0.137. The molecule has 4 aromatic rings. The molecule has 4 rings (SSSR count). The van der Waals surface area contributed by atoms with Crippen LogP contribution in [-0.2, 0) is 6.18 Å². The van der Waals surface area contributed by atoms with Gasteiger partial charge in [0.05, 0.1) is 5.56 Å². The summed E-state index contributed by atoms with van der Waals surface area (Å²) in [5, 5.41) is 2.72. The highest BCUT2D eigenvalue weighted by molar-refractivity contribution is 5.98. The lowest BCUT2D eigenvalue weighted by Crippen LogP contribution is -2.03. The number of halogens is 3. The molecule has 0 aliphatic heterocycles. The van der Waals surface area contributed by atoms with Crippen molar-refractivity contribution in [1.29, 1.82) is 0 Å². The van der Waals surface area contributed by atoms with Gasteiger partial charge in [0, 0.05) is 22.2 Å². The zero-order valence-electron chi connectivity index (χ0n) is 12.0. The van der Waals surface area contributed by atoms with E-state index in [2.05, 4.69) is 4.98 Å². The van der Waals surface area contributed by atoms with E-state index in [1.54, 1.807) is 6.07 Å². The van der Waals surface area contributed by atoms with Gasteiger partial charge in [-0.1, -0.05) is 42.5 Å². The Hall–Kier alpha value is -2.75. The average molecular weight is 311 g/mol. The van der Waals surface area contributed by atoms with Gasteiger partial charge in [-0.15, -0.1) is 0 Å². The third-order valence-electron chi connectivity index (χ3n) is 4.03. The highest BCUT2D eigenvalue weighted by atomic mass is 19.4. The number of aromatic amines is 1. The van der Waals surface area contributed by atoms with Crippen molar-refractivity contribution in [3.63, 3.8) is 0 Å². The van der Waals surface area contributed by atoms with Crippen LogP contribution in [0, 0.1) is 0 Å². The average Bonchev–Trinajstić information content (AvgIpc) is 2.96. The molecule has 0 bridgehead atoms. The van der Waals surface area contributed by atoms with Gasteiger partial charge in [-0.25, -0.2) is 0 Å². The third kappa shape index (κ3) is 2.36. The van der Waals surface area contributed by atoms with Crippen LogP contribution in [0.15, 0.2) is 66.7 Å². The molecule has 4 heteroatoms. The van der Waals surface area contributed by atoms with Crippen molar-refractivity contribution in [2.45, 2.75) is 6.18 Å². The van der Waals surface area contributed by atoms with Gasteiger partial charge in [-0.2, -0.15) is 13.2 Å². The summed E-state index contributed by atoms with van der Waals surface area (Å²) in [6.45, 7) is 0. The van der Waals surface area contributed by atoms with Crippen LogP contribution in [-0.4, -0.2) is 4.98 Å². The molecule has 0 unspecified atom stereocenters. The van der Waals surface area contributed by atoms with Gasteiger partial charge in [0.1, 0.15) is 0 Å². The number of fused-ring (bicyclic) bond motifs is 2. The van der Waals surface area contributed by atoms with Crippen molar-refractivity contribution in [3.8, 4) is 11.3 Å². The zero-order chi connectivity index (χ0) is 16.0. The minimum Gasteiger partial charge on any atom is -0.355 e. The zero-order valence-corrected chi connectivity index (χ0v) is 12.0. The smallest absolute Gasteiger partial charge is 0.355 e. The first kappa shape index (κ1) is 13.9. The van der Waals surface area contributed by atoms with Crippen LogP contribution in [0.5, 0.6) is 0 Å². The van der Waals surface area contributed by atoms with Crippen molar-refractivity contribution in [2.24, 2.45) is 0 Å². The van der Waals surface area contributed by atoms with Crippen LogP contribution in [0.1, 0.15) is 5.56 Å². The molecule has 1 aromatic heterocycles. The molecule has 1 heterocycles. The maximum absolute atomic E-state index is 12.8. The normalized spacial score (nSPS) is 12.1. The number of hydrogen-bond acceptors (Lipinski definition) is 0. The molecule has 23 heavy (non-hydrogen) atoms.